The SMILES string of the molecule is CC(NS(C)(=O)=O)C(=O)N(C1CC1)C(C)C(=O)O. The van der Waals surface area contributed by atoms with Gasteiger partial charge in [-0.1, -0.05) is 0 Å². The smallest absolute Gasteiger partial charge is 0.326 e. The van der Waals surface area contributed by atoms with Gasteiger partial charge in [-0.25, -0.2) is 17.9 Å². The van der Waals surface area contributed by atoms with Crippen molar-refractivity contribution >= 4 is 21.9 Å². The Labute approximate surface area is 106 Å². The van der Waals surface area contributed by atoms with E-state index in [1.807, 2.05) is 0 Å². The Bertz CT molecular complexity index is 443. The van der Waals surface area contributed by atoms with Crippen LogP contribution in [0, 0.1) is 0 Å². The standard InChI is InChI=1S/C10H18N2O5S/c1-6(11-18(3,16)17)9(13)12(8-4-5-8)7(2)10(14)15/h6-8,11H,4-5H2,1-3H3,(H,14,15). The van der Waals surface area contributed by atoms with Crippen molar-refractivity contribution in [1.82, 2.24) is 9.62 Å². The van der Waals surface area contributed by atoms with Crippen LogP contribution in [0.5, 0.6) is 0 Å². The number of aliphatic carboxylic acids is 1. The monoisotopic (exact) mass is 278 g/mol. The number of rotatable bonds is 6. The van der Waals surface area contributed by atoms with Crippen LogP contribution >= 0.6 is 0 Å². The van der Waals surface area contributed by atoms with Crippen molar-refractivity contribution in [3.8, 4) is 0 Å². The average Bonchev–Trinajstić information content (AvgIpc) is 2.99. The maximum atomic E-state index is 12.1. The lowest BCUT2D eigenvalue weighted by Gasteiger charge is -2.29. The minimum Gasteiger partial charge on any atom is -0.480 e. The summed E-state index contributed by atoms with van der Waals surface area (Å²) in [5.74, 6) is -1.60. The van der Waals surface area contributed by atoms with Gasteiger partial charge < -0.3 is 10.0 Å². The number of carboxylic acids is 1. The lowest BCUT2D eigenvalue weighted by Crippen LogP contribution is -2.52. The van der Waals surface area contributed by atoms with Gasteiger partial charge in [0.1, 0.15) is 6.04 Å². The van der Waals surface area contributed by atoms with E-state index in [4.69, 9.17) is 5.11 Å². The average molecular weight is 278 g/mol. The topological polar surface area (TPSA) is 104 Å². The van der Waals surface area contributed by atoms with Crippen LogP contribution in [0.25, 0.3) is 0 Å². The quantitative estimate of drug-likeness (QED) is 0.674. The number of amides is 1. The number of hydrogen-bond acceptors (Lipinski definition) is 4. The van der Waals surface area contributed by atoms with E-state index in [0.29, 0.717) is 0 Å². The fourth-order valence-electron chi connectivity index (χ4n) is 1.75. The molecule has 0 aromatic heterocycles. The van der Waals surface area contributed by atoms with E-state index in [9.17, 15) is 18.0 Å². The number of carbonyl (C=O) groups is 2. The first kappa shape index (κ1) is 14.9. The van der Waals surface area contributed by atoms with Crippen molar-refractivity contribution in [3.63, 3.8) is 0 Å². The molecule has 0 spiro atoms. The molecular formula is C10H18N2O5S. The Morgan fingerprint density at radius 2 is 1.83 bits per heavy atom. The fourth-order valence-corrected chi connectivity index (χ4v) is 2.50. The van der Waals surface area contributed by atoms with E-state index < -0.39 is 34.0 Å². The van der Waals surface area contributed by atoms with Gasteiger partial charge in [0, 0.05) is 6.04 Å². The van der Waals surface area contributed by atoms with E-state index in [1.54, 1.807) is 0 Å². The summed E-state index contributed by atoms with van der Waals surface area (Å²) in [4.78, 5) is 24.3. The molecular weight excluding hydrogens is 260 g/mol. The van der Waals surface area contributed by atoms with Crippen LogP contribution in [-0.2, 0) is 19.6 Å². The second kappa shape index (κ2) is 5.23. The molecule has 1 aliphatic carbocycles. The molecule has 0 saturated heterocycles. The molecule has 1 rings (SSSR count). The van der Waals surface area contributed by atoms with E-state index in [1.165, 1.54) is 18.7 Å². The highest BCUT2D eigenvalue weighted by molar-refractivity contribution is 7.88. The second-order valence-electron chi connectivity index (χ2n) is 4.60. The molecule has 0 bridgehead atoms. The predicted octanol–water partition coefficient (Wildman–Crippen LogP) is -0.612. The minimum absolute atomic E-state index is 0.0904. The second-order valence-corrected chi connectivity index (χ2v) is 6.38. The molecule has 2 N–H and O–H groups in total. The highest BCUT2D eigenvalue weighted by Gasteiger charge is 2.40. The molecule has 8 heteroatoms. The third kappa shape index (κ3) is 3.95. The number of carboxylic acid groups (broad SMARTS) is 1. The Kier molecular flexibility index (Phi) is 4.33. The third-order valence-electron chi connectivity index (χ3n) is 2.73. The Morgan fingerprint density at radius 3 is 2.17 bits per heavy atom. The molecule has 0 radical (unpaired) electrons. The summed E-state index contributed by atoms with van der Waals surface area (Å²) in [6.07, 6.45) is 2.47. The zero-order valence-electron chi connectivity index (χ0n) is 10.6. The summed E-state index contributed by atoms with van der Waals surface area (Å²) < 4.78 is 24.3. The predicted molar refractivity (Wildman–Crippen MR) is 64.4 cm³/mol. The largest absolute Gasteiger partial charge is 0.480 e. The molecule has 0 aromatic rings. The Balaban J connectivity index is 2.80. The highest BCUT2D eigenvalue weighted by Crippen LogP contribution is 2.29. The first-order valence-corrected chi connectivity index (χ1v) is 7.55. The Hall–Kier alpha value is -1.15. The van der Waals surface area contributed by atoms with E-state index in [0.717, 1.165) is 19.1 Å². The van der Waals surface area contributed by atoms with Gasteiger partial charge in [-0.3, -0.25) is 4.79 Å². The maximum Gasteiger partial charge on any atom is 0.326 e. The summed E-state index contributed by atoms with van der Waals surface area (Å²) >= 11 is 0. The van der Waals surface area contributed by atoms with E-state index >= 15 is 0 Å². The summed E-state index contributed by atoms with van der Waals surface area (Å²) in [7, 11) is -3.50. The van der Waals surface area contributed by atoms with E-state index in [2.05, 4.69) is 4.72 Å². The lowest BCUT2D eigenvalue weighted by atomic mass is 10.2. The zero-order chi connectivity index (χ0) is 14.1. The van der Waals surface area contributed by atoms with Crippen molar-refractivity contribution in [2.75, 3.05) is 6.26 Å². The van der Waals surface area contributed by atoms with Gasteiger partial charge in [0.2, 0.25) is 15.9 Å². The molecule has 2 unspecified atom stereocenters. The first-order valence-electron chi connectivity index (χ1n) is 5.65. The van der Waals surface area contributed by atoms with Gasteiger partial charge in [0.25, 0.3) is 0 Å². The van der Waals surface area contributed by atoms with Crippen LogP contribution in [0.15, 0.2) is 0 Å². The zero-order valence-corrected chi connectivity index (χ0v) is 11.4. The molecule has 2 atom stereocenters. The number of sulfonamides is 1. The number of hydrogen-bond donors (Lipinski definition) is 2. The van der Waals surface area contributed by atoms with Crippen molar-refractivity contribution in [2.24, 2.45) is 0 Å². The van der Waals surface area contributed by atoms with Crippen LogP contribution < -0.4 is 4.72 Å². The molecule has 104 valence electrons. The number of nitrogens with zero attached hydrogens (tertiary/aromatic N) is 1. The molecule has 1 saturated carbocycles. The van der Waals surface area contributed by atoms with Crippen molar-refractivity contribution in [1.29, 1.82) is 0 Å². The molecule has 0 aliphatic heterocycles. The van der Waals surface area contributed by atoms with Gasteiger partial charge >= 0.3 is 5.97 Å². The molecule has 7 nitrogen and oxygen atoms in total. The van der Waals surface area contributed by atoms with Crippen LogP contribution in [0.1, 0.15) is 26.7 Å². The molecule has 0 aromatic carbocycles. The molecule has 1 amide bonds. The summed E-state index contributed by atoms with van der Waals surface area (Å²) in [5, 5.41) is 8.96. The first-order chi connectivity index (χ1) is 8.13. The maximum absolute atomic E-state index is 12.1. The van der Waals surface area contributed by atoms with Crippen molar-refractivity contribution < 1.29 is 23.1 Å². The Morgan fingerprint density at radius 1 is 1.33 bits per heavy atom. The fraction of sp³-hybridized carbons (Fsp3) is 0.800. The summed E-state index contributed by atoms with van der Waals surface area (Å²) in [6.45, 7) is 2.83. The molecule has 18 heavy (non-hydrogen) atoms. The summed E-state index contributed by atoms with van der Waals surface area (Å²) in [6, 6.07) is -2.00. The highest BCUT2D eigenvalue weighted by atomic mass is 32.2. The van der Waals surface area contributed by atoms with Crippen LogP contribution in [0.2, 0.25) is 0 Å². The normalized spacial score (nSPS) is 19.1. The minimum atomic E-state index is -3.50. The van der Waals surface area contributed by atoms with Gasteiger partial charge in [-0.05, 0) is 26.7 Å². The van der Waals surface area contributed by atoms with Crippen LogP contribution in [-0.4, -0.2) is 54.7 Å². The summed E-state index contributed by atoms with van der Waals surface area (Å²) in [5.41, 5.74) is 0. The van der Waals surface area contributed by atoms with Gasteiger partial charge in [0.15, 0.2) is 0 Å². The van der Waals surface area contributed by atoms with Crippen LogP contribution in [0.4, 0.5) is 0 Å². The van der Waals surface area contributed by atoms with Gasteiger partial charge in [-0.2, -0.15) is 0 Å². The van der Waals surface area contributed by atoms with Gasteiger partial charge in [-0.15, -0.1) is 0 Å². The number of carbonyl (C=O) groups excluding carboxylic acids is 1. The molecule has 1 aliphatic rings. The lowest BCUT2D eigenvalue weighted by molar-refractivity contribution is -0.150. The molecule has 0 heterocycles. The third-order valence-corrected chi connectivity index (χ3v) is 3.51. The van der Waals surface area contributed by atoms with Gasteiger partial charge in [0.05, 0.1) is 12.3 Å². The van der Waals surface area contributed by atoms with Crippen LogP contribution in [0.3, 0.4) is 0 Å². The van der Waals surface area contributed by atoms with Crippen molar-refractivity contribution in [3.05, 3.63) is 0 Å². The van der Waals surface area contributed by atoms with E-state index in [-0.39, 0.29) is 6.04 Å². The number of nitrogens with one attached hydrogen (secondary N) is 1. The molecule has 1 fully saturated rings. The van der Waals surface area contributed by atoms with Crippen molar-refractivity contribution in [2.45, 2.75) is 44.8 Å².